The van der Waals surface area contributed by atoms with E-state index in [1.54, 1.807) is 10.7 Å². The Kier molecular flexibility index (Phi) is 6.44. The van der Waals surface area contributed by atoms with E-state index in [1.807, 2.05) is 61.2 Å². The monoisotopic (exact) mass is 508 g/mol. The molecule has 0 aliphatic carbocycles. The van der Waals surface area contributed by atoms with Crippen LogP contribution >= 0.6 is 22.9 Å². The summed E-state index contributed by atoms with van der Waals surface area (Å²) in [5.41, 5.74) is 3.98. The Bertz CT molecular complexity index is 1410. The Morgan fingerprint density at radius 2 is 1.83 bits per heavy atom. The van der Waals surface area contributed by atoms with Crippen molar-refractivity contribution in [3.8, 4) is 0 Å². The molecule has 0 radical (unpaired) electrons. The van der Waals surface area contributed by atoms with E-state index < -0.39 is 0 Å². The van der Waals surface area contributed by atoms with Crippen molar-refractivity contribution in [2.24, 2.45) is 0 Å². The lowest BCUT2D eigenvalue weighted by Gasteiger charge is -2.36. The Balaban J connectivity index is 1.26. The number of para-hydroxylation sites is 2. The van der Waals surface area contributed by atoms with Gasteiger partial charge in [0.15, 0.2) is 5.13 Å². The van der Waals surface area contributed by atoms with Crippen LogP contribution in [0.3, 0.4) is 0 Å². The van der Waals surface area contributed by atoms with Gasteiger partial charge in [-0.25, -0.2) is 4.98 Å². The van der Waals surface area contributed by atoms with E-state index in [0.29, 0.717) is 47.4 Å². The van der Waals surface area contributed by atoms with Gasteiger partial charge >= 0.3 is 0 Å². The first-order valence-corrected chi connectivity index (χ1v) is 12.6. The summed E-state index contributed by atoms with van der Waals surface area (Å²) < 4.78 is 2.67. The van der Waals surface area contributed by atoms with Crippen LogP contribution in [0.1, 0.15) is 21.7 Å². The number of aromatic nitrogens is 3. The Morgan fingerprint density at radius 1 is 1.06 bits per heavy atom. The van der Waals surface area contributed by atoms with Crippen LogP contribution < -0.4 is 10.2 Å². The minimum atomic E-state index is -0.223. The lowest BCUT2D eigenvalue weighted by atomic mass is 10.1. The molecule has 3 heterocycles. The minimum Gasteiger partial charge on any atom is -0.367 e. The number of amides is 2. The van der Waals surface area contributed by atoms with Crippen LogP contribution in [0.4, 0.5) is 10.8 Å². The first kappa shape index (κ1) is 23.3. The van der Waals surface area contributed by atoms with Crippen LogP contribution in [0.2, 0.25) is 5.02 Å². The van der Waals surface area contributed by atoms with Gasteiger partial charge in [-0.05, 0) is 44.2 Å². The zero-order chi connectivity index (χ0) is 24.5. The summed E-state index contributed by atoms with van der Waals surface area (Å²) in [6, 6.07) is 15.1. The van der Waals surface area contributed by atoms with Crippen LogP contribution in [0.25, 0.3) is 10.2 Å². The van der Waals surface area contributed by atoms with Crippen molar-refractivity contribution in [3.63, 3.8) is 0 Å². The van der Waals surface area contributed by atoms with Gasteiger partial charge < -0.3 is 9.80 Å². The number of carbonyl (C=O) groups is 2. The van der Waals surface area contributed by atoms with Gasteiger partial charge in [0.05, 0.1) is 21.0 Å². The number of nitrogens with zero attached hydrogens (tertiary/aromatic N) is 5. The highest BCUT2D eigenvalue weighted by Gasteiger charge is 2.25. The molecule has 2 aromatic carbocycles. The molecule has 1 fully saturated rings. The number of hydrogen-bond donors (Lipinski definition) is 1. The van der Waals surface area contributed by atoms with Gasteiger partial charge in [-0.3, -0.25) is 19.6 Å². The van der Waals surface area contributed by atoms with Gasteiger partial charge in [-0.2, -0.15) is 5.10 Å². The molecule has 1 aliphatic heterocycles. The average molecular weight is 509 g/mol. The van der Waals surface area contributed by atoms with Crippen molar-refractivity contribution in [1.29, 1.82) is 0 Å². The third-order valence-corrected chi connectivity index (χ3v) is 7.34. The Labute approximate surface area is 212 Å². The molecule has 0 unspecified atom stereocenters. The van der Waals surface area contributed by atoms with Crippen LogP contribution in [0, 0.1) is 13.8 Å². The summed E-state index contributed by atoms with van der Waals surface area (Å²) in [5.74, 6) is -0.171. The summed E-state index contributed by atoms with van der Waals surface area (Å²) in [5, 5.41) is 8.39. The summed E-state index contributed by atoms with van der Waals surface area (Å²) in [7, 11) is 0. The largest absolute Gasteiger partial charge is 0.367 e. The van der Waals surface area contributed by atoms with Crippen LogP contribution in [-0.4, -0.2) is 57.7 Å². The van der Waals surface area contributed by atoms with E-state index in [-0.39, 0.29) is 18.4 Å². The zero-order valence-corrected chi connectivity index (χ0v) is 21.1. The van der Waals surface area contributed by atoms with Gasteiger partial charge in [0.2, 0.25) is 5.91 Å². The molecule has 1 aliphatic rings. The molecule has 2 amide bonds. The summed E-state index contributed by atoms with van der Waals surface area (Å²) in [4.78, 5) is 34.5. The van der Waals surface area contributed by atoms with Gasteiger partial charge in [-0.1, -0.05) is 41.1 Å². The summed E-state index contributed by atoms with van der Waals surface area (Å²) in [6.45, 7) is 6.58. The molecule has 5 rings (SSSR count). The second-order valence-corrected chi connectivity index (χ2v) is 9.97. The predicted octanol–water partition coefficient (Wildman–Crippen LogP) is 4.36. The van der Waals surface area contributed by atoms with E-state index in [9.17, 15) is 9.59 Å². The SMILES string of the molecule is Cc1cc(C)n(CC(=O)N2CCN(c3ccccc3C(=O)Nc3nc4c(Cl)cccc4s3)CC2)n1. The number of nitrogens with one attached hydrogen (secondary N) is 1. The molecule has 180 valence electrons. The molecule has 35 heavy (non-hydrogen) atoms. The number of thiazole rings is 1. The predicted molar refractivity (Wildman–Crippen MR) is 140 cm³/mol. The minimum absolute atomic E-state index is 0.0522. The van der Waals surface area contributed by atoms with E-state index in [4.69, 9.17) is 11.6 Å². The quantitative estimate of drug-likeness (QED) is 0.433. The fourth-order valence-corrected chi connectivity index (χ4v) is 5.49. The van der Waals surface area contributed by atoms with Crippen molar-refractivity contribution < 1.29 is 9.59 Å². The van der Waals surface area contributed by atoms with Crippen LogP contribution in [0.5, 0.6) is 0 Å². The fraction of sp³-hybridized carbons (Fsp3) is 0.280. The molecule has 1 saturated heterocycles. The fourth-order valence-electron chi connectivity index (χ4n) is 4.33. The maximum atomic E-state index is 13.2. The maximum absolute atomic E-state index is 13.2. The standard InChI is InChI=1S/C25H25ClN6O2S/c1-16-14-17(2)32(29-16)15-22(33)31-12-10-30(11-13-31)20-8-4-3-6-18(20)24(34)28-25-27-23-19(26)7-5-9-21(23)35-25/h3-9,14H,10-13,15H2,1-2H3,(H,27,28,34). The molecule has 0 bridgehead atoms. The highest BCUT2D eigenvalue weighted by molar-refractivity contribution is 7.22. The average Bonchev–Trinajstić information content (AvgIpc) is 3.41. The molecule has 2 aromatic heterocycles. The van der Waals surface area contributed by atoms with Gasteiger partial charge in [0, 0.05) is 37.6 Å². The third-order valence-electron chi connectivity index (χ3n) is 6.10. The van der Waals surface area contributed by atoms with Gasteiger partial charge in [0.1, 0.15) is 12.1 Å². The molecular formula is C25H25ClN6O2S. The Morgan fingerprint density at radius 3 is 2.54 bits per heavy atom. The molecule has 0 spiro atoms. The molecule has 0 atom stereocenters. The maximum Gasteiger partial charge on any atom is 0.259 e. The number of piperazine rings is 1. The molecule has 10 heteroatoms. The van der Waals surface area contributed by atoms with Crippen molar-refractivity contribution in [2.45, 2.75) is 20.4 Å². The van der Waals surface area contributed by atoms with E-state index in [1.165, 1.54) is 11.3 Å². The highest BCUT2D eigenvalue weighted by Crippen LogP contribution is 2.31. The number of anilines is 2. The molecule has 8 nitrogen and oxygen atoms in total. The van der Waals surface area contributed by atoms with Gasteiger partial charge in [0.25, 0.3) is 5.91 Å². The number of aryl methyl sites for hydroxylation is 2. The number of rotatable bonds is 5. The van der Waals surface area contributed by atoms with E-state index in [0.717, 1.165) is 21.8 Å². The smallest absolute Gasteiger partial charge is 0.259 e. The molecular weight excluding hydrogens is 484 g/mol. The lowest BCUT2D eigenvalue weighted by molar-refractivity contribution is -0.132. The highest BCUT2D eigenvalue weighted by atomic mass is 35.5. The number of benzene rings is 2. The topological polar surface area (TPSA) is 83.4 Å². The van der Waals surface area contributed by atoms with Gasteiger partial charge in [-0.15, -0.1) is 0 Å². The summed E-state index contributed by atoms with van der Waals surface area (Å²) in [6.07, 6.45) is 0. The first-order chi connectivity index (χ1) is 16.9. The number of fused-ring (bicyclic) bond motifs is 1. The Hall–Kier alpha value is -3.43. The number of halogens is 1. The van der Waals surface area contributed by atoms with Crippen molar-refractivity contribution in [3.05, 3.63) is 70.5 Å². The molecule has 1 N–H and O–H groups in total. The second-order valence-electron chi connectivity index (χ2n) is 8.53. The third kappa shape index (κ3) is 4.87. The lowest BCUT2D eigenvalue weighted by Crippen LogP contribution is -2.50. The normalized spacial score (nSPS) is 13.9. The van der Waals surface area contributed by atoms with Crippen molar-refractivity contribution in [2.75, 3.05) is 36.4 Å². The number of carbonyl (C=O) groups excluding carboxylic acids is 2. The van der Waals surface area contributed by atoms with Crippen LogP contribution in [-0.2, 0) is 11.3 Å². The second kappa shape index (κ2) is 9.67. The number of hydrogen-bond acceptors (Lipinski definition) is 6. The molecule has 4 aromatic rings. The molecule has 0 saturated carbocycles. The summed E-state index contributed by atoms with van der Waals surface area (Å²) >= 11 is 7.62. The van der Waals surface area contributed by atoms with Crippen molar-refractivity contribution >= 4 is 55.8 Å². The zero-order valence-electron chi connectivity index (χ0n) is 19.5. The van der Waals surface area contributed by atoms with E-state index in [2.05, 4.69) is 20.3 Å². The van der Waals surface area contributed by atoms with Crippen molar-refractivity contribution in [1.82, 2.24) is 19.7 Å². The first-order valence-electron chi connectivity index (χ1n) is 11.4. The van der Waals surface area contributed by atoms with E-state index >= 15 is 0 Å². The van der Waals surface area contributed by atoms with Crippen LogP contribution in [0.15, 0.2) is 48.5 Å².